The van der Waals surface area contributed by atoms with Crippen molar-refractivity contribution in [2.75, 3.05) is 13.1 Å². The molecule has 2 aromatic heterocycles. The molecule has 2 amide bonds. The quantitative estimate of drug-likeness (QED) is 0.536. The monoisotopic (exact) mass is 491 g/mol. The van der Waals surface area contributed by atoms with E-state index in [2.05, 4.69) is 10.3 Å². The number of thiophene rings is 1. The molecule has 10 heteroatoms. The number of halogens is 3. The summed E-state index contributed by atoms with van der Waals surface area (Å²) in [6, 6.07) is 5.17. The van der Waals surface area contributed by atoms with Gasteiger partial charge in [-0.3, -0.25) is 19.5 Å². The van der Waals surface area contributed by atoms with Crippen LogP contribution in [0.1, 0.15) is 23.3 Å². The lowest BCUT2D eigenvalue weighted by Gasteiger charge is -2.20. The molecular formula is C23H20ClF2N3O3S. The van der Waals surface area contributed by atoms with Gasteiger partial charge in [0, 0.05) is 48.3 Å². The van der Waals surface area contributed by atoms with Gasteiger partial charge in [-0.2, -0.15) is 0 Å². The van der Waals surface area contributed by atoms with Crippen LogP contribution < -0.4 is 10.1 Å². The summed E-state index contributed by atoms with van der Waals surface area (Å²) < 4.78 is 36.1. The first kappa shape index (κ1) is 22.2. The Kier molecular flexibility index (Phi) is 5.80. The van der Waals surface area contributed by atoms with E-state index in [0.29, 0.717) is 33.1 Å². The molecule has 0 bridgehead atoms. The van der Waals surface area contributed by atoms with Crippen molar-refractivity contribution in [3.63, 3.8) is 0 Å². The smallest absolute Gasteiger partial charge is 0.230 e. The van der Waals surface area contributed by atoms with E-state index in [1.165, 1.54) is 6.20 Å². The maximum atomic E-state index is 15.3. The molecular weight excluding hydrogens is 472 g/mol. The number of fused-ring (bicyclic) bond motifs is 1. The molecule has 2 atom stereocenters. The second kappa shape index (κ2) is 8.62. The van der Waals surface area contributed by atoms with Gasteiger partial charge in [-0.1, -0.05) is 11.6 Å². The Hall–Kier alpha value is -2.62. The van der Waals surface area contributed by atoms with E-state index in [1.807, 2.05) is 6.92 Å². The third-order valence-corrected chi connectivity index (χ3v) is 7.32. The van der Waals surface area contributed by atoms with E-state index in [1.54, 1.807) is 18.2 Å². The number of alkyl halides is 1. The molecule has 5 rings (SSSR count). The highest BCUT2D eigenvalue weighted by molar-refractivity contribution is 7.19. The SMILES string of the molecule is Cc1cc(Cl)cc(-c2ccnc3c(F)c(CN4C(=O)CCC4=O)sc23)c1O[C@@H]1CNC[C@@H]1F. The van der Waals surface area contributed by atoms with Crippen molar-refractivity contribution < 1.29 is 23.1 Å². The van der Waals surface area contributed by atoms with E-state index >= 15 is 4.39 Å². The fraction of sp³-hybridized carbons (Fsp3) is 0.348. The Labute approximate surface area is 197 Å². The molecule has 2 fully saturated rings. The van der Waals surface area contributed by atoms with Crippen LogP contribution in [-0.4, -0.2) is 47.1 Å². The molecule has 2 aliphatic rings. The van der Waals surface area contributed by atoms with Crippen LogP contribution in [-0.2, 0) is 16.1 Å². The summed E-state index contributed by atoms with van der Waals surface area (Å²) in [5.41, 5.74) is 2.11. The van der Waals surface area contributed by atoms with Crippen molar-refractivity contribution in [3.8, 4) is 16.9 Å². The van der Waals surface area contributed by atoms with Gasteiger partial charge in [0.05, 0.1) is 16.1 Å². The van der Waals surface area contributed by atoms with E-state index in [-0.39, 0.29) is 48.1 Å². The number of pyridine rings is 1. The summed E-state index contributed by atoms with van der Waals surface area (Å²) in [7, 11) is 0. The predicted octanol–water partition coefficient (Wildman–Crippen LogP) is 4.40. The van der Waals surface area contributed by atoms with Gasteiger partial charge in [-0.25, -0.2) is 8.78 Å². The van der Waals surface area contributed by atoms with Gasteiger partial charge in [0.25, 0.3) is 0 Å². The number of nitrogens with one attached hydrogen (secondary N) is 1. The molecule has 2 saturated heterocycles. The zero-order valence-corrected chi connectivity index (χ0v) is 19.2. The van der Waals surface area contributed by atoms with Crippen molar-refractivity contribution in [2.24, 2.45) is 0 Å². The van der Waals surface area contributed by atoms with Crippen LogP contribution in [0.2, 0.25) is 5.02 Å². The summed E-state index contributed by atoms with van der Waals surface area (Å²) in [4.78, 5) is 29.6. The predicted molar refractivity (Wildman–Crippen MR) is 122 cm³/mol. The van der Waals surface area contributed by atoms with Gasteiger partial charge in [-0.05, 0) is 30.7 Å². The van der Waals surface area contributed by atoms with Crippen molar-refractivity contribution in [3.05, 3.63) is 45.7 Å². The summed E-state index contributed by atoms with van der Waals surface area (Å²) >= 11 is 7.47. The maximum Gasteiger partial charge on any atom is 0.230 e. The standard InChI is InChI=1S/C23H20ClF2N3O3S/c1-11-6-12(24)7-14(22(11)32-16-9-27-8-15(16)25)13-4-5-28-21-20(26)17(33-23(13)21)10-29-18(30)2-3-19(29)31/h4-7,15-16,27H,2-3,8-10H2,1H3/t15-,16+/m0/s1. The number of imide groups is 1. The number of carbonyl (C=O) groups is 2. The highest BCUT2D eigenvalue weighted by atomic mass is 35.5. The van der Waals surface area contributed by atoms with Gasteiger partial charge in [0.2, 0.25) is 11.8 Å². The number of likely N-dealkylation sites (tertiary alicyclic amines) is 1. The molecule has 0 saturated carbocycles. The van der Waals surface area contributed by atoms with Gasteiger partial charge >= 0.3 is 0 Å². The molecule has 33 heavy (non-hydrogen) atoms. The minimum atomic E-state index is -1.15. The zero-order chi connectivity index (χ0) is 23.3. The fourth-order valence-corrected chi connectivity index (χ4v) is 5.67. The van der Waals surface area contributed by atoms with Gasteiger partial charge in [0.1, 0.15) is 17.4 Å². The molecule has 0 radical (unpaired) electrons. The van der Waals surface area contributed by atoms with Crippen LogP contribution in [0.4, 0.5) is 8.78 Å². The number of carbonyl (C=O) groups excluding carboxylic acids is 2. The Bertz CT molecular complexity index is 1270. The lowest BCUT2D eigenvalue weighted by atomic mass is 10.0. The van der Waals surface area contributed by atoms with E-state index in [0.717, 1.165) is 21.8 Å². The van der Waals surface area contributed by atoms with Gasteiger partial charge < -0.3 is 10.1 Å². The van der Waals surface area contributed by atoms with Crippen molar-refractivity contribution >= 4 is 45.0 Å². The minimum absolute atomic E-state index is 0.126. The first-order valence-electron chi connectivity index (χ1n) is 10.5. The molecule has 0 aliphatic carbocycles. The topological polar surface area (TPSA) is 71.5 Å². The van der Waals surface area contributed by atoms with Crippen molar-refractivity contribution in [1.82, 2.24) is 15.2 Å². The van der Waals surface area contributed by atoms with Gasteiger partial charge in [0.15, 0.2) is 12.0 Å². The van der Waals surface area contributed by atoms with Gasteiger partial charge in [-0.15, -0.1) is 11.3 Å². The summed E-state index contributed by atoms with van der Waals surface area (Å²) in [6.07, 6.45) is -0.0276. The molecule has 1 aromatic carbocycles. The van der Waals surface area contributed by atoms with Crippen molar-refractivity contribution in [1.29, 1.82) is 0 Å². The highest BCUT2D eigenvalue weighted by Gasteiger charge is 2.32. The second-order valence-corrected chi connectivity index (χ2v) is 9.72. The first-order valence-corrected chi connectivity index (χ1v) is 11.7. The third kappa shape index (κ3) is 3.98. The number of hydrogen-bond donors (Lipinski definition) is 1. The average molecular weight is 492 g/mol. The molecule has 6 nitrogen and oxygen atoms in total. The molecule has 1 N–H and O–H groups in total. The molecule has 4 heterocycles. The Morgan fingerprint density at radius 2 is 2.00 bits per heavy atom. The van der Waals surface area contributed by atoms with E-state index in [4.69, 9.17) is 16.3 Å². The Morgan fingerprint density at radius 3 is 2.70 bits per heavy atom. The number of amides is 2. The average Bonchev–Trinajstić information content (AvgIpc) is 3.43. The number of ether oxygens (including phenoxy) is 1. The lowest BCUT2D eigenvalue weighted by molar-refractivity contribution is -0.139. The van der Waals surface area contributed by atoms with Crippen LogP contribution in [0.3, 0.4) is 0 Å². The lowest BCUT2D eigenvalue weighted by Crippen LogP contribution is -2.28. The minimum Gasteiger partial charge on any atom is -0.485 e. The first-order chi connectivity index (χ1) is 15.8. The third-order valence-electron chi connectivity index (χ3n) is 5.93. The fourth-order valence-electron chi connectivity index (χ4n) is 4.24. The summed E-state index contributed by atoms with van der Waals surface area (Å²) in [5.74, 6) is -0.702. The number of nitrogens with zero attached hydrogens (tertiary/aromatic N) is 2. The Balaban J connectivity index is 1.60. The number of benzene rings is 1. The summed E-state index contributed by atoms with van der Waals surface area (Å²) in [5, 5.41) is 3.44. The Morgan fingerprint density at radius 1 is 1.24 bits per heavy atom. The number of aryl methyl sites for hydroxylation is 1. The van der Waals surface area contributed by atoms with Crippen LogP contribution in [0, 0.1) is 12.7 Å². The molecule has 0 spiro atoms. The van der Waals surface area contributed by atoms with Crippen LogP contribution in [0.5, 0.6) is 5.75 Å². The molecule has 3 aromatic rings. The van der Waals surface area contributed by atoms with Crippen LogP contribution in [0.15, 0.2) is 24.4 Å². The van der Waals surface area contributed by atoms with E-state index in [9.17, 15) is 14.0 Å². The number of rotatable bonds is 5. The molecule has 0 unspecified atom stereocenters. The summed E-state index contributed by atoms with van der Waals surface area (Å²) in [6.45, 7) is 2.30. The maximum absolute atomic E-state index is 15.3. The zero-order valence-electron chi connectivity index (χ0n) is 17.7. The highest BCUT2D eigenvalue weighted by Crippen LogP contribution is 2.43. The second-order valence-electron chi connectivity index (χ2n) is 8.18. The molecule has 2 aliphatic heterocycles. The number of hydrogen-bond acceptors (Lipinski definition) is 6. The van der Waals surface area contributed by atoms with Crippen molar-refractivity contribution in [2.45, 2.75) is 38.6 Å². The van der Waals surface area contributed by atoms with E-state index < -0.39 is 18.1 Å². The van der Waals surface area contributed by atoms with Crippen LogP contribution in [0.25, 0.3) is 21.3 Å². The number of aromatic nitrogens is 1. The normalized spacial score (nSPS) is 20.9. The largest absolute Gasteiger partial charge is 0.485 e. The molecule has 172 valence electrons. The van der Waals surface area contributed by atoms with Crippen LogP contribution >= 0.6 is 22.9 Å².